The van der Waals surface area contributed by atoms with Crippen molar-refractivity contribution >= 4 is 17.5 Å². The zero-order chi connectivity index (χ0) is 14.1. The van der Waals surface area contributed by atoms with Crippen molar-refractivity contribution in [3.05, 3.63) is 30.3 Å². The maximum Gasteiger partial charge on any atom is 0.251 e. The SMILES string of the molecule is CCCC1CC1NC1CC(=O)N(c2ccccc2)C1=O. The molecule has 3 atom stereocenters. The Morgan fingerprint density at radius 2 is 2.00 bits per heavy atom. The lowest BCUT2D eigenvalue weighted by Crippen LogP contribution is -2.40. The highest BCUT2D eigenvalue weighted by Gasteiger charge is 2.44. The van der Waals surface area contributed by atoms with E-state index in [2.05, 4.69) is 12.2 Å². The second kappa shape index (κ2) is 5.37. The number of anilines is 1. The Morgan fingerprint density at radius 1 is 1.25 bits per heavy atom. The zero-order valence-corrected chi connectivity index (χ0v) is 11.7. The molecule has 4 heteroatoms. The highest BCUT2D eigenvalue weighted by atomic mass is 16.2. The molecule has 3 rings (SSSR count). The minimum atomic E-state index is -0.338. The minimum absolute atomic E-state index is 0.105. The van der Waals surface area contributed by atoms with Gasteiger partial charge in [0, 0.05) is 6.04 Å². The zero-order valence-electron chi connectivity index (χ0n) is 11.7. The van der Waals surface area contributed by atoms with Crippen LogP contribution in [0.3, 0.4) is 0 Å². The van der Waals surface area contributed by atoms with E-state index in [-0.39, 0.29) is 24.3 Å². The van der Waals surface area contributed by atoms with Gasteiger partial charge in [-0.25, -0.2) is 4.90 Å². The summed E-state index contributed by atoms with van der Waals surface area (Å²) in [6, 6.07) is 9.25. The molecule has 1 heterocycles. The average Bonchev–Trinajstić information content (AvgIpc) is 3.10. The lowest BCUT2D eigenvalue weighted by molar-refractivity contribution is -0.121. The number of nitrogens with one attached hydrogen (secondary N) is 1. The normalized spacial score (nSPS) is 29.1. The van der Waals surface area contributed by atoms with Crippen molar-refractivity contribution in [2.75, 3.05) is 4.90 Å². The first-order chi connectivity index (χ1) is 9.70. The monoisotopic (exact) mass is 272 g/mol. The topological polar surface area (TPSA) is 49.4 Å². The molecule has 1 saturated carbocycles. The third-order valence-electron chi connectivity index (χ3n) is 4.16. The Kier molecular flexibility index (Phi) is 3.57. The van der Waals surface area contributed by atoms with Crippen molar-refractivity contribution < 1.29 is 9.59 Å². The number of carbonyl (C=O) groups is 2. The fourth-order valence-electron chi connectivity index (χ4n) is 3.01. The molecule has 3 unspecified atom stereocenters. The molecular weight excluding hydrogens is 252 g/mol. The fraction of sp³-hybridized carbons (Fsp3) is 0.500. The first-order valence-electron chi connectivity index (χ1n) is 7.38. The maximum atomic E-state index is 12.4. The molecule has 0 bridgehead atoms. The Morgan fingerprint density at radius 3 is 2.70 bits per heavy atom. The Balaban J connectivity index is 1.66. The second-order valence-corrected chi connectivity index (χ2v) is 5.72. The van der Waals surface area contributed by atoms with Crippen LogP contribution in [0.5, 0.6) is 0 Å². The van der Waals surface area contributed by atoms with Crippen molar-refractivity contribution in [2.24, 2.45) is 5.92 Å². The van der Waals surface area contributed by atoms with Crippen LogP contribution >= 0.6 is 0 Å². The molecule has 0 aromatic heterocycles. The highest BCUT2D eigenvalue weighted by molar-refractivity contribution is 6.22. The lowest BCUT2D eigenvalue weighted by atomic mass is 10.2. The Bertz CT molecular complexity index is 514. The molecular formula is C16H20N2O2. The van der Waals surface area contributed by atoms with Gasteiger partial charge in [-0.2, -0.15) is 0 Å². The summed E-state index contributed by atoms with van der Waals surface area (Å²) in [5.74, 6) is 0.475. The molecule has 1 N–H and O–H groups in total. The summed E-state index contributed by atoms with van der Waals surface area (Å²) in [7, 11) is 0. The molecule has 1 aromatic carbocycles. The average molecular weight is 272 g/mol. The van der Waals surface area contributed by atoms with E-state index in [0.717, 1.165) is 6.42 Å². The van der Waals surface area contributed by atoms with Crippen LogP contribution < -0.4 is 10.2 Å². The summed E-state index contributed by atoms with van der Waals surface area (Å²) in [6.45, 7) is 2.18. The van der Waals surface area contributed by atoms with Gasteiger partial charge in [0.15, 0.2) is 0 Å². The van der Waals surface area contributed by atoms with Gasteiger partial charge in [-0.3, -0.25) is 9.59 Å². The van der Waals surface area contributed by atoms with Gasteiger partial charge in [0.1, 0.15) is 0 Å². The van der Waals surface area contributed by atoms with E-state index < -0.39 is 0 Å². The van der Waals surface area contributed by atoms with Gasteiger partial charge in [-0.15, -0.1) is 0 Å². The van der Waals surface area contributed by atoms with Crippen LogP contribution in [-0.4, -0.2) is 23.9 Å². The number of hydrogen-bond donors (Lipinski definition) is 1. The molecule has 2 aliphatic rings. The smallest absolute Gasteiger partial charge is 0.251 e. The lowest BCUT2D eigenvalue weighted by Gasteiger charge is -2.15. The number of amides is 2. The quantitative estimate of drug-likeness (QED) is 0.835. The van der Waals surface area contributed by atoms with Crippen LogP contribution in [-0.2, 0) is 9.59 Å². The summed E-state index contributed by atoms with van der Waals surface area (Å²) in [5, 5.41) is 3.36. The minimum Gasteiger partial charge on any atom is -0.302 e. The number of nitrogens with zero attached hydrogens (tertiary/aromatic N) is 1. The van der Waals surface area contributed by atoms with Crippen LogP contribution in [0.4, 0.5) is 5.69 Å². The molecule has 4 nitrogen and oxygen atoms in total. The predicted molar refractivity (Wildman–Crippen MR) is 77.3 cm³/mol. The van der Waals surface area contributed by atoms with E-state index in [1.165, 1.54) is 17.7 Å². The highest BCUT2D eigenvalue weighted by Crippen LogP contribution is 2.36. The summed E-state index contributed by atoms with van der Waals surface area (Å²) >= 11 is 0. The van der Waals surface area contributed by atoms with Gasteiger partial charge in [-0.1, -0.05) is 31.5 Å². The van der Waals surface area contributed by atoms with Gasteiger partial charge in [0.05, 0.1) is 18.2 Å². The van der Waals surface area contributed by atoms with E-state index in [0.29, 0.717) is 17.6 Å². The largest absolute Gasteiger partial charge is 0.302 e. The molecule has 106 valence electrons. The van der Waals surface area contributed by atoms with Gasteiger partial charge in [0.2, 0.25) is 5.91 Å². The second-order valence-electron chi connectivity index (χ2n) is 5.72. The summed E-state index contributed by atoms with van der Waals surface area (Å²) < 4.78 is 0. The predicted octanol–water partition coefficient (Wildman–Crippen LogP) is 2.10. The number of rotatable bonds is 5. The molecule has 2 fully saturated rings. The van der Waals surface area contributed by atoms with E-state index >= 15 is 0 Å². The van der Waals surface area contributed by atoms with Crippen LogP contribution in [0.2, 0.25) is 0 Å². The maximum absolute atomic E-state index is 12.4. The van der Waals surface area contributed by atoms with Gasteiger partial charge < -0.3 is 5.32 Å². The number of carbonyl (C=O) groups excluding carboxylic acids is 2. The third-order valence-corrected chi connectivity index (χ3v) is 4.16. The summed E-state index contributed by atoms with van der Waals surface area (Å²) in [5.41, 5.74) is 0.674. The van der Waals surface area contributed by atoms with Crippen LogP contribution in [0.1, 0.15) is 32.6 Å². The first kappa shape index (κ1) is 13.3. The van der Waals surface area contributed by atoms with E-state index in [1.54, 1.807) is 12.1 Å². The molecule has 20 heavy (non-hydrogen) atoms. The van der Waals surface area contributed by atoms with Crippen molar-refractivity contribution in [3.8, 4) is 0 Å². The van der Waals surface area contributed by atoms with Crippen molar-refractivity contribution in [1.29, 1.82) is 0 Å². The molecule has 1 aliphatic carbocycles. The fourth-order valence-corrected chi connectivity index (χ4v) is 3.01. The number of hydrogen-bond acceptors (Lipinski definition) is 3. The van der Waals surface area contributed by atoms with E-state index in [9.17, 15) is 9.59 Å². The molecule has 0 radical (unpaired) electrons. The van der Waals surface area contributed by atoms with E-state index in [1.807, 2.05) is 18.2 Å². The van der Waals surface area contributed by atoms with Crippen molar-refractivity contribution in [2.45, 2.75) is 44.7 Å². The number of para-hydroxylation sites is 1. The van der Waals surface area contributed by atoms with Crippen molar-refractivity contribution in [1.82, 2.24) is 5.32 Å². The van der Waals surface area contributed by atoms with E-state index in [4.69, 9.17) is 0 Å². The Labute approximate surface area is 119 Å². The number of benzene rings is 1. The molecule has 0 spiro atoms. The standard InChI is InChI=1S/C16H20N2O2/c1-2-6-11-9-13(11)17-14-10-15(19)18(16(14)20)12-7-4-3-5-8-12/h3-5,7-8,11,13-14,17H,2,6,9-10H2,1H3. The molecule has 1 aromatic rings. The summed E-state index contributed by atoms with van der Waals surface area (Å²) in [6.07, 6.45) is 3.80. The molecule has 1 aliphatic heterocycles. The first-order valence-corrected chi connectivity index (χ1v) is 7.38. The van der Waals surface area contributed by atoms with Gasteiger partial charge in [-0.05, 0) is 30.9 Å². The third kappa shape index (κ3) is 2.48. The van der Waals surface area contributed by atoms with Gasteiger partial charge in [0.25, 0.3) is 5.91 Å². The van der Waals surface area contributed by atoms with Crippen LogP contribution in [0.15, 0.2) is 30.3 Å². The molecule has 1 saturated heterocycles. The van der Waals surface area contributed by atoms with Crippen LogP contribution in [0.25, 0.3) is 0 Å². The summed E-state index contributed by atoms with van der Waals surface area (Å²) in [4.78, 5) is 25.8. The van der Waals surface area contributed by atoms with Gasteiger partial charge >= 0.3 is 0 Å². The van der Waals surface area contributed by atoms with Crippen molar-refractivity contribution in [3.63, 3.8) is 0 Å². The van der Waals surface area contributed by atoms with Crippen LogP contribution in [0, 0.1) is 5.92 Å². The number of imide groups is 1. The molecule has 2 amide bonds. The Hall–Kier alpha value is -1.68.